The van der Waals surface area contributed by atoms with Crippen molar-refractivity contribution in [1.82, 2.24) is 5.32 Å². The molecule has 1 N–H and O–H groups in total. The van der Waals surface area contributed by atoms with Crippen molar-refractivity contribution in [2.24, 2.45) is 0 Å². The molecule has 2 aromatic carbocycles. The van der Waals surface area contributed by atoms with Crippen LogP contribution in [0.1, 0.15) is 49.8 Å². The van der Waals surface area contributed by atoms with Crippen molar-refractivity contribution >= 4 is 31.6 Å². The molecule has 0 radical (unpaired) electrons. The van der Waals surface area contributed by atoms with Crippen LogP contribution in [0.25, 0.3) is 0 Å². The summed E-state index contributed by atoms with van der Waals surface area (Å²) in [5.74, 6) is 0. The molecule has 29 heavy (non-hydrogen) atoms. The second-order valence-electron chi connectivity index (χ2n) is 7.21. The van der Waals surface area contributed by atoms with E-state index in [1.165, 1.54) is 4.31 Å². The molecule has 0 aromatic heterocycles. The number of rotatable bonds is 9. The van der Waals surface area contributed by atoms with Gasteiger partial charge in [-0.1, -0.05) is 53.0 Å². The Bertz CT molecular complexity index is 933. The van der Waals surface area contributed by atoms with Gasteiger partial charge in [-0.15, -0.1) is 0 Å². The number of ether oxygens (including phenoxy) is 1. The minimum Gasteiger partial charge on any atom is -0.382 e. The third-order valence-electron chi connectivity index (χ3n) is 5.28. The molecule has 158 valence electrons. The largest absolute Gasteiger partial charge is 0.382 e. The molecule has 0 spiro atoms. The van der Waals surface area contributed by atoms with Gasteiger partial charge in [-0.3, -0.25) is 4.31 Å². The van der Waals surface area contributed by atoms with Crippen LogP contribution in [0.5, 0.6) is 0 Å². The van der Waals surface area contributed by atoms with E-state index in [4.69, 9.17) is 4.74 Å². The minimum atomic E-state index is -3.62. The fourth-order valence-electron chi connectivity index (χ4n) is 3.73. The summed E-state index contributed by atoms with van der Waals surface area (Å²) in [7, 11) is -2.00. The number of anilines is 1. The van der Waals surface area contributed by atoms with Gasteiger partial charge in [-0.2, -0.15) is 0 Å². The van der Waals surface area contributed by atoms with Crippen LogP contribution in [0.2, 0.25) is 0 Å². The molecule has 1 atom stereocenters. The molecule has 0 fully saturated rings. The lowest BCUT2D eigenvalue weighted by Gasteiger charge is -2.22. The topological polar surface area (TPSA) is 58.6 Å². The second-order valence-corrected chi connectivity index (χ2v) is 10.1. The number of hydrogen-bond donors (Lipinski definition) is 1. The van der Waals surface area contributed by atoms with Crippen molar-refractivity contribution in [1.29, 1.82) is 0 Å². The number of halogens is 1. The molecule has 0 bridgehead atoms. The maximum atomic E-state index is 13.3. The van der Waals surface area contributed by atoms with E-state index in [1.54, 1.807) is 13.1 Å². The zero-order valence-electron chi connectivity index (χ0n) is 17.0. The second kappa shape index (κ2) is 10.1. The molecular weight excluding hydrogens is 452 g/mol. The monoisotopic (exact) mass is 480 g/mol. The normalized spacial score (nSPS) is 17.5. The number of benzene rings is 2. The van der Waals surface area contributed by atoms with Gasteiger partial charge in [0.25, 0.3) is 10.0 Å². The average molecular weight is 481 g/mol. The summed E-state index contributed by atoms with van der Waals surface area (Å²) in [6, 6.07) is 13.1. The molecule has 7 heteroatoms. The molecular formula is C22H29BrN2O3S. The molecule has 0 aliphatic carbocycles. The number of unbranched alkanes of at least 4 members (excludes halogenated alkanes) is 3. The van der Waals surface area contributed by atoms with Crippen molar-refractivity contribution in [2.75, 3.05) is 31.1 Å². The Labute approximate surface area is 182 Å². The van der Waals surface area contributed by atoms with Gasteiger partial charge < -0.3 is 10.1 Å². The van der Waals surface area contributed by atoms with E-state index in [2.05, 4.69) is 21.2 Å². The lowest BCUT2D eigenvalue weighted by atomic mass is 9.96. The third kappa shape index (κ3) is 5.02. The third-order valence-corrected chi connectivity index (χ3v) is 7.60. The quantitative estimate of drug-likeness (QED) is 0.520. The van der Waals surface area contributed by atoms with Crippen molar-refractivity contribution in [3.8, 4) is 0 Å². The van der Waals surface area contributed by atoms with Crippen LogP contribution in [0, 0.1) is 0 Å². The van der Waals surface area contributed by atoms with E-state index >= 15 is 0 Å². The van der Waals surface area contributed by atoms with E-state index in [0.29, 0.717) is 10.6 Å². The summed E-state index contributed by atoms with van der Waals surface area (Å²) < 4.78 is 34.0. The molecule has 0 saturated heterocycles. The van der Waals surface area contributed by atoms with Crippen molar-refractivity contribution in [2.45, 2.75) is 43.5 Å². The number of para-hydroxylation sites is 1. The fourth-order valence-corrected chi connectivity index (χ4v) is 5.72. The molecule has 0 saturated carbocycles. The van der Waals surface area contributed by atoms with Crippen molar-refractivity contribution in [3.63, 3.8) is 0 Å². The molecule has 2 aromatic rings. The summed E-state index contributed by atoms with van der Waals surface area (Å²) >= 11 is 3.43. The first-order chi connectivity index (χ1) is 14.0. The van der Waals surface area contributed by atoms with Crippen LogP contribution in [-0.2, 0) is 14.8 Å². The van der Waals surface area contributed by atoms with Crippen LogP contribution < -0.4 is 9.62 Å². The Hall–Kier alpha value is -1.41. The Morgan fingerprint density at radius 2 is 1.83 bits per heavy atom. The van der Waals surface area contributed by atoms with E-state index < -0.39 is 10.0 Å². The Morgan fingerprint density at radius 3 is 2.62 bits per heavy atom. The highest BCUT2D eigenvalue weighted by molar-refractivity contribution is 9.10. The first-order valence-corrected chi connectivity index (χ1v) is 12.4. The number of fused-ring (bicyclic) bond motifs is 2. The van der Waals surface area contributed by atoms with Gasteiger partial charge in [0.1, 0.15) is 0 Å². The Kier molecular flexibility index (Phi) is 7.73. The first-order valence-electron chi connectivity index (χ1n) is 10.1. The van der Waals surface area contributed by atoms with E-state index in [0.717, 1.165) is 61.0 Å². The van der Waals surface area contributed by atoms with Gasteiger partial charge in [0, 0.05) is 24.7 Å². The van der Waals surface area contributed by atoms with Crippen LogP contribution in [0.3, 0.4) is 0 Å². The van der Waals surface area contributed by atoms with Crippen molar-refractivity contribution < 1.29 is 13.2 Å². The average Bonchev–Trinajstić information content (AvgIpc) is 2.78. The molecule has 1 aliphatic heterocycles. The van der Waals surface area contributed by atoms with Gasteiger partial charge in [0.2, 0.25) is 0 Å². The molecule has 1 aliphatic rings. The molecule has 1 unspecified atom stereocenters. The van der Waals surface area contributed by atoms with E-state index in [1.807, 2.05) is 43.3 Å². The summed E-state index contributed by atoms with van der Waals surface area (Å²) in [6.07, 6.45) is 4.39. The van der Waals surface area contributed by atoms with Gasteiger partial charge in [-0.05, 0) is 55.6 Å². The maximum Gasteiger partial charge on any atom is 0.264 e. The van der Waals surface area contributed by atoms with E-state index in [9.17, 15) is 8.42 Å². The SMILES string of the molecule is CCOCCCCCCNC1c2ccccc2N(C)S(=O)(=O)c2cc(Br)ccc21. The molecule has 1 heterocycles. The van der Waals surface area contributed by atoms with Gasteiger partial charge >= 0.3 is 0 Å². The highest BCUT2D eigenvalue weighted by Gasteiger charge is 2.34. The summed E-state index contributed by atoms with van der Waals surface area (Å²) in [5, 5.41) is 3.62. The number of nitrogens with one attached hydrogen (secondary N) is 1. The summed E-state index contributed by atoms with van der Waals surface area (Å²) in [4.78, 5) is 0.347. The summed E-state index contributed by atoms with van der Waals surface area (Å²) in [5.41, 5.74) is 2.49. The van der Waals surface area contributed by atoms with Crippen LogP contribution in [0.4, 0.5) is 5.69 Å². The maximum absolute atomic E-state index is 13.3. The predicted molar refractivity (Wildman–Crippen MR) is 121 cm³/mol. The van der Waals surface area contributed by atoms with Crippen LogP contribution in [0.15, 0.2) is 51.8 Å². The number of sulfonamides is 1. The molecule has 3 rings (SSSR count). The van der Waals surface area contributed by atoms with Gasteiger partial charge in [0.15, 0.2) is 0 Å². The van der Waals surface area contributed by atoms with Crippen molar-refractivity contribution in [3.05, 3.63) is 58.1 Å². The zero-order chi connectivity index (χ0) is 20.9. The fraction of sp³-hybridized carbons (Fsp3) is 0.455. The lowest BCUT2D eigenvalue weighted by Crippen LogP contribution is -2.26. The highest BCUT2D eigenvalue weighted by atomic mass is 79.9. The number of nitrogens with zero attached hydrogens (tertiary/aromatic N) is 1. The van der Waals surface area contributed by atoms with E-state index in [-0.39, 0.29) is 6.04 Å². The standard InChI is InChI=1S/C22H29BrN2O3S/c1-3-28-15-9-5-4-8-14-24-22-18-10-6-7-11-20(18)25(2)29(26,27)21-16-17(23)12-13-19(21)22/h6-7,10-13,16,22,24H,3-5,8-9,14-15H2,1-2H3. The smallest absolute Gasteiger partial charge is 0.264 e. The zero-order valence-corrected chi connectivity index (χ0v) is 19.4. The minimum absolute atomic E-state index is 0.169. The summed E-state index contributed by atoms with van der Waals surface area (Å²) in [6.45, 7) is 4.44. The Morgan fingerprint density at radius 1 is 1.07 bits per heavy atom. The van der Waals surface area contributed by atoms with Gasteiger partial charge in [0.05, 0.1) is 16.6 Å². The molecule has 0 amide bonds. The Balaban J connectivity index is 1.82. The van der Waals surface area contributed by atoms with Gasteiger partial charge in [-0.25, -0.2) is 8.42 Å². The highest BCUT2D eigenvalue weighted by Crippen LogP contribution is 2.40. The first kappa shape index (κ1) is 22.3. The lowest BCUT2D eigenvalue weighted by molar-refractivity contribution is 0.143. The molecule has 5 nitrogen and oxygen atoms in total. The van der Waals surface area contributed by atoms with Crippen LogP contribution >= 0.6 is 15.9 Å². The predicted octanol–water partition coefficient (Wildman–Crippen LogP) is 4.86. The van der Waals surface area contributed by atoms with Crippen LogP contribution in [-0.4, -0.2) is 35.2 Å². The number of hydrogen-bond acceptors (Lipinski definition) is 4.